The number of benzene rings is 1. The third kappa shape index (κ3) is 5.04. The van der Waals surface area contributed by atoms with Gasteiger partial charge in [0.2, 0.25) is 5.95 Å². The van der Waals surface area contributed by atoms with E-state index in [1.807, 2.05) is 11.0 Å². The van der Waals surface area contributed by atoms with Gasteiger partial charge in [0.1, 0.15) is 17.7 Å². The summed E-state index contributed by atoms with van der Waals surface area (Å²) in [6.07, 6.45) is 3.78. The first-order valence-corrected chi connectivity index (χ1v) is 10.8. The molecule has 2 aliphatic rings. The summed E-state index contributed by atoms with van der Waals surface area (Å²) in [5, 5.41) is 23.6. The van der Waals surface area contributed by atoms with Crippen LogP contribution in [0, 0.1) is 23.0 Å². The first-order chi connectivity index (χ1) is 16.5. The highest BCUT2D eigenvalue weighted by Crippen LogP contribution is 2.30. The van der Waals surface area contributed by atoms with Crippen molar-refractivity contribution >= 4 is 18.2 Å². The van der Waals surface area contributed by atoms with Gasteiger partial charge in [-0.25, -0.2) is 23.6 Å². The quantitative estimate of drug-likeness (QED) is 0.641. The Hall–Kier alpha value is -3.85. The van der Waals surface area contributed by atoms with E-state index in [0.29, 0.717) is 50.5 Å². The van der Waals surface area contributed by atoms with E-state index in [4.69, 9.17) is 9.84 Å². The number of halogens is 2. The molecule has 0 spiro atoms. The van der Waals surface area contributed by atoms with Gasteiger partial charge < -0.3 is 19.6 Å². The number of carbonyl (C=O) groups is 1. The largest absolute Gasteiger partial charge is 0.489 e. The lowest BCUT2D eigenvalue weighted by atomic mass is 10.0. The molecule has 1 aromatic carbocycles. The number of carbonyl (C=O) groups excluding carboxylic acids is 1. The van der Waals surface area contributed by atoms with Gasteiger partial charge in [0, 0.05) is 57.9 Å². The number of hydrogen-bond acceptors (Lipinski definition) is 8. The van der Waals surface area contributed by atoms with E-state index in [1.165, 1.54) is 23.3 Å². The number of nitrogens with zero attached hydrogens (tertiary/aromatic N) is 7. The Kier molecular flexibility index (Phi) is 7.12. The fourth-order valence-corrected chi connectivity index (χ4v) is 3.83. The van der Waals surface area contributed by atoms with E-state index in [0.717, 1.165) is 6.07 Å². The van der Waals surface area contributed by atoms with Gasteiger partial charge in [-0.15, -0.1) is 0 Å². The zero-order chi connectivity index (χ0) is 24.1. The molecule has 2 amide bonds. The van der Waals surface area contributed by atoms with Crippen LogP contribution in [-0.2, 0) is 0 Å². The number of ether oxygens (including phenoxy) is 1. The normalized spacial score (nSPS) is 17.7. The van der Waals surface area contributed by atoms with Gasteiger partial charge in [0.15, 0.2) is 11.4 Å². The molecule has 1 aromatic heterocycles. The molecule has 3 heterocycles. The Labute approximate surface area is 194 Å². The second-order valence-corrected chi connectivity index (χ2v) is 7.77. The molecule has 0 bridgehead atoms. The van der Waals surface area contributed by atoms with Crippen LogP contribution in [0.1, 0.15) is 30.1 Å². The van der Waals surface area contributed by atoms with Crippen molar-refractivity contribution < 1.29 is 23.4 Å². The molecule has 0 unspecified atom stereocenters. The lowest BCUT2D eigenvalue weighted by Crippen LogP contribution is -2.52. The topological polar surface area (TPSA) is 118 Å². The minimum absolute atomic E-state index is 0.0214. The van der Waals surface area contributed by atoms with E-state index in [2.05, 4.69) is 15.1 Å². The number of urea groups is 1. The minimum atomic E-state index is -0.704. The van der Waals surface area contributed by atoms with Crippen molar-refractivity contribution in [2.45, 2.75) is 18.9 Å². The number of nitriles is 1. The molecule has 4 rings (SSSR count). The second-order valence-electron chi connectivity index (χ2n) is 7.77. The van der Waals surface area contributed by atoms with E-state index < -0.39 is 17.7 Å². The number of piperazine rings is 1. The first-order valence-electron chi connectivity index (χ1n) is 10.8. The lowest BCUT2D eigenvalue weighted by molar-refractivity contribution is 0.139. The fraction of sp³-hybridized carbons (Fsp3) is 0.409. The highest BCUT2D eigenvalue weighted by atomic mass is 19.1. The van der Waals surface area contributed by atoms with E-state index in [9.17, 15) is 18.8 Å². The highest BCUT2D eigenvalue weighted by molar-refractivity contribution is 5.78. The molecular formula is C22H23F2N7O3. The first kappa shape index (κ1) is 23.3. The number of aromatic nitrogens is 2. The zero-order valence-corrected chi connectivity index (χ0v) is 18.3. The molecule has 12 heteroatoms. The number of aliphatic hydroxyl groups excluding tert-OH is 1. The van der Waals surface area contributed by atoms with Gasteiger partial charge >= 0.3 is 6.03 Å². The highest BCUT2D eigenvalue weighted by Gasteiger charge is 2.34. The average molecular weight is 471 g/mol. The number of aliphatic hydroxyl groups is 1. The summed E-state index contributed by atoms with van der Waals surface area (Å²) < 4.78 is 32.8. The number of amides is 2. The third-order valence-electron chi connectivity index (χ3n) is 5.54. The van der Waals surface area contributed by atoms with Crippen molar-refractivity contribution in [3.63, 3.8) is 0 Å². The molecule has 34 heavy (non-hydrogen) atoms. The Bertz CT molecular complexity index is 1100. The summed E-state index contributed by atoms with van der Waals surface area (Å²) >= 11 is 0. The van der Waals surface area contributed by atoms with Crippen LogP contribution in [0.5, 0.6) is 5.75 Å². The summed E-state index contributed by atoms with van der Waals surface area (Å²) in [5.41, 5.74) is 0.443. The maximum absolute atomic E-state index is 13.7. The summed E-state index contributed by atoms with van der Waals surface area (Å²) in [5.74, 6) is -0.806. The van der Waals surface area contributed by atoms with Crippen LogP contribution in [0.3, 0.4) is 0 Å². The predicted molar refractivity (Wildman–Crippen MR) is 117 cm³/mol. The van der Waals surface area contributed by atoms with Crippen LogP contribution < -0.4 is 9.64 Å². The summed E-state index contributed by atoms with van der Waals surface area (Å²) in [6.45, 7) is 1.80. The van der Waals surface area contributed by atoms with Crippen molar-refractivity contribution in [3.8, 4) is 11.8 Å². The standard InChI is InChI=1S/C22H23F2N7O3/c23-16-10-15(11-17(24)12-16)19-2-3-27-31(19)22(33)30-6-4-29(5-7-30)21-26-14-20(18(13-25)28-21)34-9-1-8-32/h3,10-12,14,19,32H,1-2,4-9H2/t19-/m0/s1. The zero-order valence-electron chi connectivity index (χ0n) is 18.3. The molecule has 2 aliphatic heterocycles. The maximum Gasteiger partial charge on any atom is 0.341 e. The molecule has 1 atom stereocenters. The van der Waals surface area contributed by atoms with Crippen LogP contribution in [-0.4, -0.2) is 76.6 Å². The van der Waals surface area contributed by atoms with Crippen molar-refractivity contribution in [3.05, 3.63) is 47.3 Å². The maximum atomic E-state index is 13.7. The van der Waals surface area contributed by atoms with Crippen LogP contribution >= 0.6 is 0 Å². The summed E-state index contributed by atoms with van der Waals surface area (Å²) in [4.78, 5) is 25.1. The second kappa shape index (κ2) is 10.4. The fourth-order valence-electron chi connectivity index (χ4n) is 3.83. The monoisotopic (exact) mass is 471 g/mol. The van der Waals surface area contributed by atoms with E-state index >= 15 is 0 Å². The average Bonchev–Trinajstić information content (AvgIpc) is 3.33. The van der Waals surface area contributed by atoms with E-state index in [1.54, 1.807) is 11.1 Å². The van der Waals surface area contributed by atoms with Gasteiger partial charge in [-0.2, -0.15) is 15.3 Å². The molecule has 1 N–H and O–H groups in total. The van der Waals surface area contributed by atoms with Crippen molar-refractivity contribution in [2.75, 3.05) is 44.3 Å². The SMILES string of the molecule is N#Cc1nc(N2CCN(C(=O)N3N=CC[C@H]3c3cc(F)cc(F)c3)CC2)ncc1OCCCO. The molecule has 0 saturated carbocycles. The van der Waals surface area contributed by atoms with Crippen LogP contribution in [0.15, 0.2) is 29.5 Å². The lowest BCUT2D eigenvalue weighted by Gasteiger charge is -2.37. The van der Waals surface area contributed by atoms with Crippen molar-refractivity contribution in [2.24, 2.45) is 5.10 Å². The van der Waals surface area contributed by atoms with Gasteiger partial charge in [0.25, 0.3) is 0 Å². The van der Waals surface area contributed by atoms with Crippen molar-refractivity contribution in [1.82, 2.24) is 19.9 Å². The Balaban J connectivity index is 1.39. The summed E-state index contributed by atoms with van der Waals surface area (Å²) in [7, 11) is 0. The number of hydrogen-bond donors (Lipinski definition) is 1. The van der Waals surface area contributed by atoms with Crippen LogP contribution in [0.4, 0.5) is 19.5 Å². The van der Waals surface area contributed by atoms with Gasteiger partial charge in [-0.1, -0.05) is 0 Å². The molecule has 10 nitrogen and oxygen atoms in total. The molecular weight excluding hydrogens is 448 g/mol. The van der Waals surface area contributed by atoms with Crippen LogP contribution in [0.2, 0.25) is 0 Å². The van der Waals surface area contributed by atoms with Gasteiger partial charge in [-0.05, 0) is 17.7 Å². The van der Waals surface area contributed by atoms with Crippen LogP contribution in [0.25, 0.3) is 0 Å². The summed E-state index contributed by atoms with van der Waals surface area (Å²) in [6, 6.07) is 4.27. The minimum Gasteiger partial charge on any atom is -0.489 e. The van der Waals surface area contributed by atoms with Crippen molar-refractivity contribution in [1.29, 1.82) is 5.26 Å². The number of hydrazone groups is 1. The molecule has 1 saturated heterocycles. The molecule has 1 fully saturated rings. The number of anilines is 1. The Morgan fingerprint density at radius 1 is 1.21 bits per heavy atom. The van der Waals surface area contributed by atoms with Gasteiger partial charge in [0.05, 0.1) is 18.8 Å². The smallest absolute Gasteiger partial charge is 0.341 e. The molecule has 2 aromatic rings. The third-order valence-corrected chi connectivity index (χ3v) is 5.54. The molecule has 0 aliphatic carbocycles. The molecule has 178 valence electrons. The van der Waals surface area contributed by atoms with E-state index in [-0.39, 0.29) is 30.7 Å². The predicted octanol–water partition coefficient (Wildman–Crippen LogP) is 2.06. The Morgan fingerprint density at radius 2 is 1.94 bits per heavy atom. The number of rotatable bonds is 6. The Morgan fingerprint density at radius 3 is 2.62 bits per heavy atom. The molecule has 0 radical (unpaired) electrons. The van der Waals surface area contributed by atoms with Gasteiger partial charge in [-0.3, -0.25) is 0 Å².